The third kappa shape index (κ3) is 5.34. The first-order valence-corrected chi connectivity index (χ1v) is 9.67. The molecule has 2 rings (SSSR count). The minimum Gasteiger partial charge on any atom is -0.497 e. The van der Waals surface area contributed by atoms with Gasteiger partial charge in [0.25, 0.3) is 0 Å². The first kappa shape index (κ1) is 21.0. The second kappa shape index (κ2) is 8.14. The van der Waals surface area contributed by atoms with Crippen LogP contribution in [0.15, 0.2) is 24.5 Å². The summed E-state index contributed by atoms with van der Waals surface area (Å²) in [7, 11) is 0. The van der Waals surface area contributed by atoms with E-state index >= 15 is 0 Å². The number of ketones is 1. The number of aliphatic hydroxyl groups is 1. The number of benzene rings is 1. The number of carbonyl (C=O) groups excluding carboxylic acids is 1. The van der Waals surface area contributed by atoms with Gasteiger partial charge in [0.05, 0.1) is 17.8 Å². The van der Waals surface area contributed by atoms with E-state index in [2.05, 4.69) is 19.6 Å². The summed E-state index contributed by atoms with van der Waals surface area (Å²) in [6.07, 6.45) is 4.74. The van der Waals surface area contributed by atoms with Crippen molar-refractivity contribution in [2.75, 3.05) is 13.2 Å². The second-order valence-electron chi connectivity index (χ2n) is 8.47. The maximum atomic E-state index is 11.6. The van der Waals surface area contributed by atoms with Crippen LogP contribution in [0, 0.1) is 17.8 Å². The standard InChI is InChI=1S/C22H31ClO3/c1-15-10-20(23)19(11-16(2)26-14-21(4,5)17(3)25)12-18(15)6-7-22(13-24)8-9-22/h10,12,24H,2,6-9,11,13-14H2,1,3-5H3. The average Bonchev–Trinajstić information content (AvgIpc) is 3.35. The zero-order chi connectivity index (χ0) is 19.5. The van der Waals surface area contributed by atoms with Crippen molar-refractivity contribution in [2.24, 2.45) is 10.8 Å². The quantitative estimate of drug-likeness (QED) is 0.580. The van der Waals surface area contributed by atoms with Crippen molar-refractivity contribution in [3.8, 4) is 0 Å². The van der Waals surface area contributed by atoms with Gasteiger partial charge in [-0.3, -0.25) is 4.79 Å². The van der Waals surface area contributed by atoms with Crippen molar-refractivity contribution in [3.05, 3.63) is 46.2 Å². The predicted molar refractivity (Wildman–Crippen MR) is 107 cm³/mol. The molecule has 0 spiro atoms. The van der Waals surface area contributed by atoms with E-state index < -0.39 is 5.41 Å². The summed E-state index contributed by atoms with van der Waals surface area (Å²) < 4.78 is 5.73. The first-order chi connectivity index (χ1) is 12.1. The molecule has 3 nitrogen and oxygen atoms in total. The number of aliphatic hydroxyl groups excluding tert-OH is 1. The van der Waals surface area contributed by atoms with E-state index in [9.17, 15) is 9.90 Å². The molecule has 144 valence electrons. The summed E-state index contributed by atoms with van der Waals surface area (Å²) in [5.41, 5.74) is 3.06. The normalized spacial score (nSPS) is 15.6. The van der Waals surface area contributed by atoms with Crippen LogP contribution < -0.4 is 0 Å². The van der Waals surface area contributed by atoms with Gasteiger partial charge in [-0.1, -0.05) is 24.2 Å². The highest BCUT2D eigenvalue weighted by atomic mass is 35.5. The van der Waals surface area contributed by atoms with Gasteiger partial charge in [0.15, 0.2) is 0 Å². The SMILES string of the molecule is C=C(Cc1cc(CCC2(CO)CC2)c(C)cc1Cl)OCC(C)(C)C(C)=O. The van der Waals surface area contributed by atoms with Gasteiger partial charge in [0, 0.05) is 18.1 Å². The summed E-state index contributed by atoms with van der Waals surface area (Å²) in [6, 6.07) is 4.13. The van der Waals surface area contributed by atoms with E-state index in [1.165, 1.54) is 11.1 Å². The molecular weight excluding hydrogens is 348 g/mol. The van der Waals surface area contributed by atoms with Crippen molar-refractivity contribution < 1.29 is 14.6 Å². The van der Waals surface area contributed by atoms with Crippen molar-refractivity contribution >= 4 is 17.4 Å². The maximum Gasteiger partial charge on any atom is 0.138 e. The Labute approximate surface area is 162 Å². The molecule has 1 aromatic carbocycles. The molecule has 1 aliphatic carbocycles. The van der Waals surface area contributed by atoms with Crippen LogP contribution in [0.3, 0.4) is 0 Å². The van der Waals surface area contributed by atoms with Gasteiger partial charge in [-0.15, -0.1) is 0 Å². The van der Waals surface area contributed by atoms with E-state index in [0.717, 1.165) is 31.2 Å². The van der Waals surface area contributed by atoms with Crippen LogP contribution in [0.2, 0.25) is 5.02 Å². The van der Waals surface area contributed by atoms with Crippen LogP contribution in [0.1, 0.15) is 56.7 Å². The Balaban J connectivity index is 2.01. The lowest BCUT2D eigenvalue weighted by Crippen LogP contribution is -2.27. The molecule has 0 bridgehead atoms. The monoisotopic (exact) mass is 378 g/mol. The van der Waals surface area contributed by atoms with Crippen LogP contribution in [-0.2, 0) is 22.4 Å². The number of Topliss-reactive ketones (excluding diaryl/α,β-unsaturated/α-hetero) is 1. The van der Waals surface area contributed by atoms with Gasteiger partial charge in [-0.25, -0.2) is 0 Å². The van der Waals surface area contributed by atoms with E-state index in [0.29, 0.717) is 23.8 Å². The van der Waals surface area contributed by atoms with Gasteiger partial charge in [0.2, 0.25) is 0 Å². The zero-order valence-corrected chi connectivity index (χ0v) is 17.2. The summed E-state index contributed by atoms with van der Waals surface area (Å²) >= 11 is 6.43. The molecule has 1 fully saturated rings. The molecule has 0 aliphatic heterocycles. The lowest BCUT2D eigenvalue weighted by Gasteiger charge is -2.22. The van der Waals surface area contributed by atoms with Gasteiger partial charge in [0.1, 0.15) is 5.78 Å². The molecule has 0 heterocycles. The van der Waals surface area contributed by atoms with Crippen LogP contribution >= 0.6 is 11.6 Å². The molecular formula is C22H31ClO3. The van der Waals surface area contributed by atoms with Gasteiger partial charge in [-0.05, 0) is 81.5 Å². The fraction of sp³-hybridized carbons (Fsp3) is 0.591. The number of hydrogen-bond donors (Lipinski definition) is 1. The highest BCUT2D eigenvalue weighted by molar-refractivity contribution is 6.31. The largest absolute Gasteiger partial charge is 0.497 e. The third-order valence-electron chi connectivity index (χ3n) is 5.70. The smallest absolute Gasteiger partial charge is 0.138 e. The van der Waals surface area contributed by atoms with Gasteiger partial charge in [-0.2, -0.15) is 0 Å². The highest BCUT2D eigenvalue weighted by Crippen LogP contribution is 2.49. The molecule has 1 aromatic rings. The molecule has 1 N–H and O–H groups in total. The number of ether oxygens (including phenoxy) is 1. The third-order valence-corrected chi connectivity index (χ3v) is 6.05. The molecule has 26 heavy (non-hydrogen) atoms. The van der Waals surface area contributed by atoms with Crippen molar-refractivity contribution in [1.29, 1.82) is 0 Å². The second-order valence-corrected chi connectivity index (χ2v) is 8.88. The summed E-state index contributed by atoms with van der Waals surface area (Å²) in [6.45, 7) is 12.0. The van der Waals surface area contributed by atoms with E-state index in [1.807, 2.05) is 19.9 Å². The number of halogens is 1. The average molecular weight is 379 g/mol. The Morgan fingerprint density at radius 1 is 1.35 bits per heavy atom. The maximum absolute atomic E-state index is 11.6. The Bertz CT molecular complexity index is 687. The first-order valence-electron chi connectivity index (χ1n) is 9.29. The fourth-order valence-electron chi connectivity index (χ4n) is 2.88. The minimum atomic E-state index is -0.520. The van der Waals surface area contributed by atoms with E-state index in [1.54, 1.807) is 6.92 Å². The molecule has 0 saturated heterocycles. The molecule has 1 aliphatic rings. The van der Waals surface area contributed by atoms with Gasteiger partial charge < -0.3 is 9.84 Å². The van der Waals surface area contributed by atoms with Gasteiger partial charge >= 0.3 is 0 Å². The van der Waals surface area contributed by atoms with E-state index in [-0.39, 0.29) is 17.8 Å². The van der Waals surface area contributed by atoms with Crippen LogP contribution in [0.4, 0.5) is 0 Å². The number of rotatable bonds is 10. The van der Waals surface area contributed by atoms with Crippen molar-refractivity contribution in [1.82, 2.24) is 0 Å². The Morgan fingerprint density at radius 2 is 2.00 bits per heavy atom. The molecule has 0 radical (unpaired) electrons. The number of aryl methyl sites for hydroxylation is 2. The molecule has 4 heteroatoms. The van der Waals surface area contributed by atoms with Crippen LogP contribution in [-0.4, -0.2) is 24.1 Å². The minimum absolute atomic E-state index is 0.0962. The fourth-order valence-corrected chi connectivity index (χ4v) is 3.17. The number of allylic oxidation sites excluding steroid dienone is 1. The highest BCUT2D eigenvalue weighted by Gasteiger charge is 2.41. The van der Waals surface area contributed by atoms with Crippen LogP contribution in [0.5, 0.6) is 0 Å². The molecule has 1 saturated carbocycles. The van der Waals surface area contributed by atoms with E-state index in [4.69, 9.17) is 16.3 Å². The predicted octanol–water partition coefficient (Wildman–Crippen LogP) is 5.04. The zero-order valence-electron chi connectivity index (χ0n) is 16.5. The number of hydrogen-bond acceptors (Lipinski definition) is 3. The van der Waals surface area contributed by atoms with Crippen molar-refractivity contribution in [3.63, 3.8) is 0 Å². The number of carbonyl (C=O) groups is 1. The molecule has 0 atom stereocenters. The molecule has 0 aromatic heterocycles. The summed E-state index contributed by atoms with van der Waals surface area (Å²) in [5.74, 6) is 0.712. The summed E-state index contributed by atoms with van der Waals surface area (Å²) in [5, 5.41) is 10.2. The topological polar surface area (TPSA) is 46.5 Å². The lowest BCUT2D eigenvalue weighted by atomic mass is 9.90. The lowest BCUT2D eigenvalue weighted by molar-refractivity contribution is -0.127. The summed E-state index contributed by atoms with van der Waals surface area (Å²) in [4.78, 5) is 11.6. The van der Waals surface area contributed by atoms with Crippen LogP contribution in [0.25, 0.3) is 0 Å². The Hall–Kier alpha value is -1.32. The Kier molecular flexibility index (Phi) is 6.57. The Morgan fingerprint density at radius 3 is 2.54 bits per heavy atom. The molecule has 0 amide bonds. The molecule has 0 unspecified atom stereocenters. The van der Waals surface area contributed by atoms with Crippen molar-refractivity contribution in [2.45, 2.75) is 59.8 Å².